The molecule has 140 valence electrons. The molecule has 1 unspecified atom stereocenters. The molecule has 1 heterocycles. The fourth-order valence-electron chi connectivity index (χ4n) is 3.81. The molecule has 4 nitrogen and oxygen atoms in total. The van der Waals surface area contributed by atoms with Crippen LogP contribution in [-0.4, -0.2) is 54.7 Å². The summed E-state index contributed by atoms with van der Waals surface area (Å²) in [6.45, 7) is 1.98. The number of rotatable bonds is 5. The third-order valence-electron chi connectivity index (χ3n) is 5.82. The third-order valence-corrected chi connectivity index (χ3v) is 5.82. The summed E-state index contributed by atoms with van der Waals surface area (Å²) in [5.74, 6) is 0.591. The molecule has 2 fully saturated rings. The molecule has 0 N–H and O–H groups in total. The van der Waals surface area contributed by atoms with E-state index in [1.54, 1.807) is 0 Å². The summed E-state index contributed by atoms with van der Waals surface area (Å²) < 4.78 is 0. The minimum absolute atomic E-state index is 0.0761. The van der Waals surface area contributed by atoms with Crippen LogP contribution >= 0.6 is 0 Å². The molecular formula is C23H26N2O2. The Labute approximate surface area is 160 Å². The lowest BCUT2D eigenvalue weighted by molar-refractivity contribution is 0.0737. The Balaban J connectivity index is 1.45. The Morgan fingerprint density at radius 3 is 1.93 bits per heavy atom. The summed E-state index contributed by atoms with van der Waals surface area (Å²) in [5.41, 5.74) is 3.64. The van der Waals surface area contributed by atoms with Crippen LogP contribution in [0, 0.1) is 5.92 Å². The Bertz CT molecular complexity index is 838. The fraction of sp³-hybridized carbons (Fsp3) is 0.391. The first-order valence-electron chi connectivity index (χ1n) is 9.73. The molecule has 0 aromatic heterocycles. The van der Waals surface area contributed by atoms with E-state index in [0.717, 1.165) is 54.6 Å². The van der Waals surface area contributed by atoms with Gasteiger partial charge in [-0.1, -0.05) is 36.4 Å². The summed E-state index contributed by atoms with van der Waals surface area (Å²) >= 11 is 0. The van der Waals surface area contributed by atoms with Crippen molar-refractivity contribution in [2.24, 2.45) is 5.92 Å². The first-order valence-corrected chi connectivity index (χ1v) is 9.73. The van der Waals surface area contributed by atoms with Gasteiger partial charge in [0.25, 0.3) is 5.91 Å². The lowest BCUT2D eigenvalue weighted by atomic mass is 10.00. The number of carbonyl (C=O) groups excluding carboxylic acids is 2. The van der Waals surface area contributed by atoms with Crippen molar-refractivity contribution >= 4 is 11.7 Å². The average Bonchev–Trinajstić information content (AvgIpc) is 3.47. The molecule has 0 spiro atoms. The highest BCUT2D eigenvalue weighted by atomic mass is 16.2. The fourth-order valence-corrected chi connectivity index (χ4v) is 3.81. The summed E-state index contributed by atoms with van der Waals surface area (Å²) in [5, 5.41) is 0. The monoisotopic (exact) mass is 362 g/mol. The van der Waals surface area contributed by atoms with Crippen molar-refractivity contribution in [1.29, 1.82) is 0 Å². The van der Waals surface area contributed by atoms with Crippen LogP contribution in [0.25, 0.3) is 11.1 Å². The van der Waals surface area contributed by atoms with Crippen LogP contribution in [0.2, 0.25) is 0 Å². The summed E-state index contributed by atoms with van der Waals surface area (Å²) in [4.78, 5) is 29.0. The molecule has 4 rings (SSSR count). The molecule has 2 aromatic rings. The molecule has 1 aliphatic heterocycles. The van der Waals surface area contributed by atoms with Gasteiger partial charge in [-0.3, -0.25) is 9.59 Å². The van der Waals surface area contributed by atoms with Crippen LogP contribution in [0.15, 0.2) is 48.5 Å². The Morgan fingerprint density at radius 2 is 1.44 bits per heavy atom. The van der Waals surface area contributed by atoms with Crippen molar-refractivity contribution < 1.29 is 9.59 Å². The Morgan fingerprint density at radius 1 is 0.889 bits per heavy atom. The number of hydrogen-bond acceptors (Lipinski definition) is 3. The zero-order valence-corrected chi connectivity index (χ0v) is 16.0. The Kier molecular flexibility index (Phi) is 4.83. The van der Waals surface area contributed by atoms with E-state index in [1.807, 2.05) is 60.5 Å². The number of Topliss-reactive ketones (excluding diaryl/α,β-unsaturated/α-hetero) is 1. The predicted molar refractivity (Wildman–Crippen MR) is 107 cm³/mol. The van der Waals surface area contributed by atoms with Crippen LogP contribution < -0.4 is 0 Å². The SMILES string of the molecule is CN1CCC(N(C)C(=O)c2ccc(-c3ccc(C(=O)C4CC4)cc3)cc2)C1. The average molecular weight is 362 g/mol. The maximum Gasteiger partial charge on any atom is 0.253 e. The van der Waals surface area contributed by atoms with Crippen LogP contribution in [0.3, 0.4) is 0 Å². The lowest BCUT2D eigenvalue weighted by Crippen LogP contribution is -2.38. The summed E-state index contributed by atoms with van der Waals surface area (Å²) in [6, 6.07) is 15.9. The highest BCUT2D eigenvalue weighted by Gasteiger charge is 2.30. The smallest absolute Gasteiger partial charge is 0.253 e. The van der Waals surface area contributed by atoms with Crippen molar-refractivity contribution in [3.63, 3.8) is 0 Å². The number of amides is 1. The van der Waals surface area contributed by atoms with Gasteiger partial charge in [-0.25, -0.2) is 0 Å². The van der Waals surface area contributed by atoms with Crippen molar-refractivity contribution in [1.82, 2.24) is 9.80 Å². The van der Waals surface area contributed by atoms with Crippen LogP contribution in [0.5, 0.6) is 0 Å². The van der Waals surface area contributed by atoms with Gasteiger partial charge in [0.05, 0.1) is 0 Å². The molecule has 1 atom stereocenters. The van der Waals surface area contributed by atoms with Gasteiger partial charge in [-0.05, 0) is 56.1 Å². The van der Waals surface area contributed by atoms with E-state index >= 15 is 0 Å². The lowest BCUT2D eigenvalue weighted by Gasteiger charge is -2.24. The van der Waals surface area contributed by atoms with Gasteiger partial charge in [-0.2, -0.15) is 0 Å². The topological polar surface area (TPSA) is 40.6 Å². The maximum atomic E-state index is 12.7. The minimum Gasteiger partial charge on any atom is -0.337 e. The van der Waals surface area contributed by atoms with Crippen molar-refractivity contribution in [3.8, 4) is 11.1 Å². The van der Waals surface area contributed by atoms with Gasteiger partial charge in [0.2, 0.25) is 0 Å². The number of likely N-dealkylation sites (N-methyl/N-ethyl adjacent to an activating group) is 2. The van der Waals surface area contributed by atoms with E-state index in [0.29, 0.717) is 6.04 Å². The van der Waals surface area contributed by atoms with Crippen LogP contribution in [0.1, 0.15) is 40.0 Å². The minimum atomic E-state index is 0.0761. The highest BCUT2D eigenvalue weighted by molar-refractivity contribution is 5.99. The van der Waals surface area contributed by atoms with Crippen molar-refractivity contribution in [2.45, 2.75) is 25.3 Å². The number of ketones is 1. The summed E-state index contributed by atoms with van der Waals surface area (Å²) in [7, 11) is 3.99. The van der Waals surface area contributed by atoms with Gasteiger partial charge in [0.1, 0.15) is 0 Å². The highest BCUT2D eigenvalue weighted by Crippen LogP contribution is 2.33. The van der Waals surface area contributed by atoms with E-state index in [2.05, 4.69) is 11.9 Å². The number of benzene rings is 2. The zero-order valence-electron chi connectivity index (χ0n) is 16.0. The molecule has 1 amide bonds. The number of carbonyl (C=O) groups is 2. The second-order valence-corrected chi connectivity index (χ2v) is 7.91. The Hall–Kier alpha value is -2.46. The quantitative estimate of drug-likeness (QED) is 0.761. The first-order chi connectivity index (χ1) is 13.0. The van der Waals surface area contributed by atoms with Crippen molar-refractivity contribution in [2.75, 3.05) is 27.2 Å². The molecule has 2 aliphatic rings. The third kappa shape index (κ3) is 3.81. The largest absolute Gasteiger partial charge is 0.337 e. The summed E-state index contributed by atoms with van der Waals surface area (Å²) in [6.07, 6.45) is 3.09. The molecule has 0 bridgehead atoms. The van der Waals surface area contributed by atoms with Gasteiger partial charge in [-0.15, -0.1) is 0 Å². The van der Waals surface area contributed by atoms with Crippen LogP contribution in [-0.2, 0) is 0 Å². The molecule has 1 saturated carbocycles. The van der Waals surface area contributed by atoms with Gasteiger partial charge in [0, 0.05) is 36.7 Å². The van der Waals surface area contributed by atoms with Gasteiger partial charge in [0.15, 0.2) is 5.78 Å². The molecule has 4 heteroatoms. The van der Waals surface area contributed by atoms with E-state index in [9.17, 15) is 9.59 Å². The standard InChI is InChI=1S/C23H26N2O2/c1-24-14-13-21(15-24)25(2)23(27)20-11-5-17(6-12-20)16-3-7-18(8-4-16)22(26)19-9-10-19/h3-8,11-12,19,21H,9-10,13-15H2,1-2H3. The normalized spacial score (nSPS) is 19.9. The molecule has 2 aromatic carbocycles. The van der Waals surface area contributed by atoms with Crippen LogP contribution in [0.4, 0.5) is 0 Å². The second kappa shape index (κ2) is 7.28. The number of likely N-dealkylation sites (tertiary alicyclic amines) is 1. The zero-order chi connectivity index (χ0) is 19.0. The maximum absolute atomic E-state index is 12.7. The molecule has 1 saturated heterocycles. The molecule has 27 heavy (non-hydrogen) atoms. The molecular weight excluding hydrogens is 336 g/mol. The van der Waals surface area contributed by atoms with Crippen molar-refractivity contribution in [3.05, 3.63) is 59.7 Å². The van der Waals surface area contributed by atoms with E-state index in [-0.39, 0.29) is 17.6 Å². The predicted octanol–water partition coefficient (Wildman–Crippen LogP) is 3.72. The number of nitrogens with zero attached hydrogens (tertiary/aromatic N) is 2. The van der Waals surface area contributed by atoms with E-state index in [4.69, 9.17) is 0 Å². The molecule has 0 radical (unpaired) electrons. The second-order valence-electron chi connectivity index (χ2n) is 7.91. The van der Waals surface area contributed by atoms with Gasteiger partial charge < -0.3 is 9.80 Å². The van der Waals surface area contributed by atoms with Gasteiger partial charge >= 0.3 is 0 Å². The van der Waals surface area contributed by atoms with E-state index < -0.39 is 0 Å². The number of hydrogen-bond donors (Lipinski definition) is 0. The molecule has 1 aliphatic carbocycles. The first kappa shape index (κ1) is 17.9. The van der Waals surface area contributed by atoms with E-state index in [1.165, 1.54) is 0 Å².